The molecule has 0 spiro atoms. The summed E-state index contributed by atoms with van der Waals surface area (Å²) in [5.74, 6) is 1.45. The number of nitrogens with zero attached hydrogens (tertiary/aromatic N) is 4. The molecule has 0 aliphatic heterocycles. The molecule has 1 heterocycles. The summed E-state index contributed by atoms with van der Waals surface area (Å²) >= 11 is 1.40. The number of aromatic nitrogens is 3. The number of ether oxygens (including phenoxy) is 1. The zero-order valence-electron chi connectivity index (χ0n) is 17.5. The number of benzene rings is 2. The van der Waals surface area contributed by atoms with Gasteiger partial charge in [-0.15, -0.1) is 16.8 Å². The van der Waals surface area contributed by atoms with Crippen molar-refractivity contribution in [3.05, 3.63) is 72.8 Å². The highest BCUT2D eigenvalue weighted by Gasteiger charge is 2.23. The van der Waals surface area contributed by atoms with Gasteiger partial charge in [0.15, 0.2) is 11.0 Å². The highest BCUT2D eigenvalue weighted by Crippen LogP contribution is 2.32. The SMILES string of the molecule is C=CCn1c(S[C@H](C)C(=O)N(C)Cc2ccccc2)nnc1-c1ccccc1OC. The molecule has 0 aliphatic rings. The molecule has 1 aromatic heterocycles. The molecule has 6 nitrogen and oxygen atoms in total. The molecule has 0 saturated carbocycles. The lowest BCUT2D eigenvalue weighted by atomic mass is 10.2. The number of thioether (sulfide) groups is 1. The Morgan fingerprint density at radius 2 is 1.90 bits per heavy atom. The number of rotatable bonds is 9. The van der Waals surface area contributed by atoms with E-state index in [1.165, 1.54) is 11.8 Å². The van der Waals surface area contributed by atoms with Crippen LogP contribution in [-0.2, 0) is 17.9 Å². The first kappa shape index (κ1) is 21.6. The normalized spacial score (nSPS) is 11.7. The minimum Gasteiger partial charge on any atom is -0.496 e. The Kier molecular flexibility index (Phi) is 7.30. The van der Waals surface area contributed by atoms with E-state index in [0.717, 1.165) is 16.9 Å². The first-order chi connectivity index (χ1) is 14.5. The van der Waals surface area contributed by atoms with Crippen molar-refractivity contribution in [1.82, 2.24) is 19.7 Å². The third-order valence-electron chi connectivity index (χ3n) is 4.65. The number of amides is 1. The Balaban J connectivity index is 1.79. The van der Waals surface area contributed by atoms with E-state index in [4.69, 9.17) is 4.74 Å². The standard InChI is InChI=1S/C23H26N4O2S/c1-5-15-27-21(19-13-9-10-14-20(19)29-4)24-25-23(27)30-17(2)22(28)26(3)16-18-11-7-6-8-12-18/h5-14,17H,1,15-16H2,2-4H3/t17-/m1/s1. The predicted octanol–water partition coefficient (Wildman–Crippen LogP) is 4.28. The monoisotopic (exact) mass is 422 g/mol. The van der Waals surface area contributed by atoms with Gasteiger partial charge in [0.25, 0.3) is 0 Å². The second kappa shape index (κ2) is 10.1. The molecule has 0 fully saturated rings. The van der Waals surface area contributed by atoms with Crippen molar-refractivity contribution >= 4 is 17.7 Å². The van der Waals surface area contributed by atoms with E-state index in [9.17, 15) is 4.79 Å². The molecule has 1 amide bonds. The Morgan fingerprint density at radius 3 is 2.60 bits per heavy atom. The van der Waals surface area contributed by atoms with Gasteiger partial charge in [0.1, 0.15) is 5.75 Å². The number of hydrogen-bond donors (Lipinski definition) is 0. The average molecular weight is 423 g/mol. The van der Waals surface area contributed by atoms with Gasteiger partial charge in [-0.25, -0.2) is 0 Å². The average Bonchev–Trinajstić information content (AvgIpc) is 3.16. The molecule has 0 unspecified atom stereocenters. The van der Waals surface area contributed by atoms with Gasteiger partial charge in [-0.2, -0.15) is 0 Å². The minimum atomic E-state index is -0.308. The highest BCUT2D eigenvalue weighted by molar-refractivity contribution is 8.00. The molecule has 0 radical (unpaired) electrons. The summed E-state index contributed by atoms with van der Waals surface area (Å²) < 4.78 is 7.43. The van der Waals surface area contributed by atoms with Crippen molar-refractivity contribution in [3.8, 4) is 17.1 Å². The van der Waals surface area contributed by atoms with Gasteiger partial charge in [0.2, 0.25) is 5.91 Å². The van der Waals surface area contributed by atoms with Crippen LogP contribution in [0.15, 0.2) is 72.4 Å². The van der Waals surface area contributed by atoms with E-state index in [1.54, 1.807) is 18.1 Å². The first-order valence-electron chi connectivity index (χ1n) is 9.68. The quantitative estimate of drug-likeness (QED) is 0.381. The maximum Gasteiger partial charge on any atom is 0.235 e. The van der Waals surface area contributed by atoms with Crippen LogP contribution in [0.4, 0.5) is 0 Å². The topological polar surface area (TPSA) is 60.2 Å². The Morgan fingerprint density at radius 1 is 1.20 bits per heavy atom. The third kappa shape index (κ3) is 4.91. The van der Waals surface area contributed by atoms with Crippen molar-refractivity contribution in [2.75, 3.05) is 14.2 Å². The van der Waals surface area contributed by atoms with Crippen molar-refractivity contribution in [2.24, 2.45) is 0 Å². The Labute approximate surface area is 181 Å². The van der Waals surface area contributed by atoms with Crippen LogP contribution in [0.25, 0.3) is 11.4 Å². The predicted molar refractivity (Wildman–Crippen MR) is 120 cm³/mol. The van der Waals surface area contributed by atoms with Crippen LogP contribution in [0.3, 0.4) is 0 Å². The summed E-state index contributed by atoms with van der Waals surface area (Å²) in [6.45, 7) is 6.84. The molecule has 156 valence electrons. The van der Waals surface area contributed by atoms with E-state index < -0.39 is 0 Å². The molecular formula is C23H26N4O2S. The van der Waals surface area contributed by atoms with Crippen LogP contribution in [0.2, 0.25) is 0 Å². The van der Waals surface area contributed by atoms with Crippen LogP contribution in [0.5, 0.6) is 5.75 Å². The molecule has 3 aromatic rings. The number of para-hydroxylation sites is 1. The van der Waals surface area contributed by atoms with E-state index in [0.29, 0.717) is 24.1 Å². The van der Waals surface area contributed by atoms with Gasteiger partial charge in [-0.3, -0.25) is 9.36 Å². The molecule has 0 bridgehead atoms. The van der Waals surface area contributed by atoms with Crippen LogP contribution >= 0.6 is 11.8 Å². The second-order valence-corrected chi connectivity index (χ2v) is 8.15. The van der Waals surface area contributed by atoms with Crippen LogP contribution < -0.4 is 4.74 Å². The summed E-state index contributed by atoms with van der Waals surface area (Å²) in [5, 5.41) is 9.09. The molecule has 0 aliphatic carbocycles. The van der Waals surface area contributed by atoms with Crippen LogP contribution in [-0.4, -0.2) is 45.0 Å². The maximum atomic E-state index is 12.9. The summed E-state index contributed by atoms with van der Waals surface area (Å²) in [5.41, 5.74) is 1.94. The lowest BCUT2D eigenvalue weighted by Crippen LogP contribution is -2.33. The third-order valence-corrected chi connectivity index (χ3v) is 5.71. The number of hydrogen-bond acceptors (Lipinski definition) is 5. The molecule has 0 saturated heterocycles. The van der Waals surface area contributed by atoms with E-state index in [-0.39, 0.29) is 11.2 Å². The molecule has 2 aromatic carbocycles. The number of methoxy groups -OCH3 is 1. The molecule has 30 heavy (non-hydrogen) atoms. The van der Waals surface area contributed by atoms with Crippen LogP contribution in [0, 0.1) is 0 Å². The van der Waals surface area contributed by atoms with Gasteiger partial charge >= 0.3 is 0 Å². The van der Waals surface area contributed by atoms with Gasteiger partial charge in [0, 0.05) is 20.1 Å². The smallest absolute Gasteiger partial charge is 0.235 e. The maximum absolute atomic E-state index is 12.9. The van der Waals surface area contributed by atoms with Gasteiger partial charge in [-0.1, -0.05) is 60.3 Å². The largest absolute Gasteiger partial charge is 0.496 e. The number of carbonyl (C=O) groups excluding carboxylic acids is 1. The van der Waals surface area contributed by atoms with Crippen molar-refractivity contribution in [1.29, 1.82) is 0 Å². The zero-order chi connectivity index (χ0) is 21.5. The Bertz CT molecular complexity index is 1000. The lowest BCUT2D eigenvalue weighted by molar-refractivity contribution is -0.129. The fourth-order valence-corrected chi connectivity index (χ4v) is 4.13. The lowest BCUT2D eigenvalue weighted by Gasteiger charge is -2.21. The fourth-order valence-electron chi connectivity index (χ4n) is 3.15. The molecule has 3 rings (SSSR count). The fraction of sp³-hybridized carbons (Fsp3) is 0.261. The summed E-state index contributed by atoms with van der Waals surface area (Å²) in [4.78, 5) is 14.6. The highest BCUT2D eigenvalue weighted by atomic mass is 32.2. The summed E-state index contributed by atoms with van der Waals surface area (Å²) in [7, 11) is 3.45. The van der Waals surface area contributed by atoms with Crippen LogP contribution in [0.1, 0.15) is 12.5 Å². The van der Waals surface area contributed by atoms with Gasteiger partial charge in [0.05, 0.1) is 17.9 Å². The second-order valence-electron chi connectivity index (χ2n) is 6.85. The number of allylic oxidation sites excluding steroid dienone is 1. The van der Waals surface area contributed by atoms with Gasteiger partial charge in [-0.05, 0) is 24.6 Å². The van der Waals surface area contributed by atoms with E-state index in [2.05, 4.69) is 16.8 Å². The zero-order valence-corrected chi connectivity index (χ0v) is 18.3. The van der Waals surface area contributed by atoms with Gasteiger partial charge < -0.3 is 9.64 Å². The molecular weight excluding hydrogens is 396 g/mol. The number of carbonyl (C=O) groups is 1. The molecule has 0 N–H and O–H groups in total. The Hall–Kier alpha value is -3.06. The van der Waals surface area contributed by atoms with E-state index in [1.807, 2.05) is 73.1 Å². The molecule has 1 atom stereocenters. The molecule has 7 heteroatoms. The first-order valence-corrected chi connectivity index (χ1v) is 10.6. The summed E-state index contributed by atoms with van der Waals surface area (Å²) in [6, 6.07) is 17.6. The summed E-state index contributed by atoms with van der Waals surface area (Å²) in [6.07, 6.45) is 1.79. The van der Waals surface area contributed by atoms with E-state index >= 15 is 0 Å². The van der Waals surface area contributed by atoms with Crippen molar-refractivity contribution in [3.63, 3.8) is 0 Å². The van der Waals surface area contributed by atoms with Crippen molar-refractivity contribution < 1.29 is 9.53 Å². The van der Waals surface area contributed by atoms with Crippen molar-refractivity contribution in [2.45, 2.75) is 30.4 Å². The minimum absolute atomic E-state index is 0.0378.